The molecule has 1 heterocycles. The fourth-order valence-corrected chi connectivity index (χ4v) is 3.88. The van der Waals surface area contributed by atoms with Crippen LogP contribution in [-0.2, 0) is 0 Å². The number of hydrogen-bond donors (Lipinski definition) is 2. The second-order valence-corrected chi connectivity index (χ2v) is 4.76. The van der Waals surface area contributed by atoms with E-state index in [-0.39, 0.29) is 0 Å². The molecule has 3 nitrogen and oxygen atoms in total. The van der Waals surface area contributed by atoms with E-state index in [0.717, 1.165) is 5.25 Å². The molecule has 1 atom stereocenters. The molecule has 0 radical (unpaired) electrons. The van der Waals surface area contributed by atoms with Crippen LogP contribution in [0.25, 0.3) is 0 Å². The van der Waals surface area contributed by atoms with E-state index in [1.165, 1.54) is 12.8 Å². The first-order valence-electron chi connectivity index (χ1n) is 4.04. The maximum atomic E-state index is 8.56. The largest absolute Gasteiger partial charge is 0.503 e. The molecule has 0 aromatic carbocycles. The molecule has 0 aromatic rings. The summed E-state index contributed by atoms with van der Waals surface area (Å²) in [5, 5.41) is 17.1. The molecule has 5 heteroatoms. The van der Waals surface area contributed by atoms with Crippen molar-refractivity contribution in [2.24, 2.45) is 0 Å². The Morgan fingerprint density at radius 2 is 2.08 bits per heavy atom. The van der Waals surface area contributed by atoms with Crippen molar-refractivity contribution in [2.75, 3.05) is 0 Å². The van der Waals surface area contributed by atoms with Gasteiger partial charge in [-0.3, -0.25) is 0 Å². The Hall–Kier alpha value is -0.290. The standard InChI is InChI=1S/C7H12S2.CH2O3/c1-3-6-5-8-9-7(6)4-2;2-1(3)4/h5,7H,3-4H2,1-2H3;(H2,2,3,4). The Morgan fingerprint density at radius 1 is 1.54 bits per heavy atom. The average molecular weight is 222 g/mol. The Balaban J connectivity index is 0.000000310. The summed E-state index contributed by atoms with van der Waals surface area (Å²) in [7, 11) is 3.89. The summed E-state index contributed by atoms with van der Waals surface area (Å²) < 4.78 is 0. The first-order chi connectivity index (χ1) is 6.11. The number of hydrogen-bond acceptors (Lipinski definition) is 3. The van der Waals surface area contributed by atoms with Crippen LogP contribution in [0.15, 0.2) is 11.0 Å². The SMILES string of the molecule is CCC1=CSSC1CC.O=C(O)O. The smallest absolute Gasteiger partial charge is 0.450 e. The predicted molar refractivity (Wildman–Crippen MR) is 58.3 cm³/mol. The van der Waals surface area contributed by atoms with E-state index >= 15 is 0 Å². The fraction of sp³-hybridized carbons (Fsp3) is 0.625. The highest BCUT2D eigenvalue weighted by Crippen LogP contribution is 2.42. The molecule has 76 valence electrons. The normalized spacial score (nSPS) is 20.2. The molecule has 1 aliphatic rings. The molecule has 1 unspecified atom stereocenters. The van der Waals surface area contributed by atoms with E-state index in [9.17, 15) is 0 Å². The minimum atomic E-state index is -1.83. The lowest BCUT2D eigenvalue weighted by molar-refractivity contribution is 0.137. The predicted octanol–water partition coefficient (Wildman–Crippen LogP) is 3.68. The van der Waals surface area contributed by atoms with Gasteiger partial charge in [0.25, 0.3) is 0 Å². The number of rotatable bonds is 2. The van der Waals surface area contributed by atoms with Crippen molar-refractivity contribution < 1.29 is 15.0 Å². The number of carbonyl (C=O) groups is 1. The molecular formula is C8H14O3S2. The third-order valence-electron chi connectivity index (χ3n) is 1.56. The molecule has 0 aliphatic carbocycles. The molecule has 0 amide bonds. The molecule has 2 N–H and O–H groups in total. The van der Waals surface area contributed by atoms with Gasteiger partial charge in [-0.05, 0) is 23.8 Å². The van der Waals surface area contributed by atoms with Gasteiger partial charge in [0.15, 0.2) is 0 Å². The monoisotopic (exact) mass is 222 g/mol. The Morgan fingerprint density at radius 3 is 2.38 bits per heavy atom. The van der Waals surface area contributed by atoms with Crippen molar-refractivity contribution >= 4 is 27.7 Å². The highest BCUT2D eigenvalue weighted by atomic mass is 33.1. The van der Waals surface area contributed by atoms with Crippen LogP contribution < -0.4 is 0 Å². The van der Waals surface area contributed by atoms with Crippen molar-refractivity contribution in [1.82, 2.24) is 0 Å². The molecule has 0 aromatic heterocycles. The van der Waals surface area contributed by atoms with Crippen molar-refractivity contribution in [2.45, 2.75) is 31.9 Å². The lowest BCUT2D eigenvalue weighted by atomic mass is 10.1. The lowest BCUT2D eigenvalue weighted by Gasteiger charge is -2.06. The second-order valence-electron chi connectivity index (χ2n) is 2.42. The summed E-state index contributed by atoms with van der Waals surface area (Å²) in [6.07, 6.45) is 0.690. The summed E-state index contributed by atoms with van der Waals surface area (Å²) in [6, 6.07) is 0. The third kappa shape index (κ3) is 5.87. The van der Waals surface area contributed by atoms with Gasteiger partial charge in [0.2, 0.25) is 0 Å². The van der Waals surface area contributed by atoms with Gasteiger partial charge in [-0.15, -0.1) is 0 Å². The minimum Gasteiger partial charge on any atom is -0.450 e. The van der Waals surface area contributed by atoms with Crippen molar-refractivity contribution in [1.29, 1.82) is 0 Å². The number of carboxylic acid groups (broad SMARTS) is 2. The maximum Gasteiger partial charge on any atom is 0.503 e. The third-order valence-corrected chi connectivity index (χ3v) is 4.26. The van der Waals surface area contributed by atoms with Crippen molar-refractivity contribution in [3.8, 4) is 0 Å². The van der Waals surface area contributed by atoms with Crippen LogP contribution in [0.5, 0.6) is 0 Å². The van der Waals surface area contributed by atoms with Crippen LogP contribution in [-0.4, -0.2) is 21.6 Å². The molecule has 0 saturated carbocycles. The lowest BCUT2D eigenvalue weighted by Crippen LogP contribution is -1.98. The zero-order valence-corrected chi connectivity index (χ0v) is 9.32. The van der Waals surface area contributed by atoms with E-state index in [0.29, 0.717) is 0 Å². The Kier molecular flexibility index (Phi) is 6.99. The van der Waals surface area contributed by atoms with Crippen LogP contribution in [0, 0.1) is 0 Å². The van der Waals surface area contributed by atoms with E-state index in [4.69, 9.17) is 15.0 Å². The Labute approximate surface area is 86.0 Å². The highest BCUT2D eigenvalue weighted by Gasteiger charge is 2.16. The summed E-state index contributed by atoms with van der Waals surface area (Å²) in [4.78, 5) is 8.56. The van der Waals surface area contributed by atoms with Crippen LogP contribution in [0.3, 0.4) is 0 Å². The van der Waals surface area contributed by atoms with Crippen LogP contribution >= 0.6 is 21.6 Å². The van der Waals surface area contributed by atoms with Crippen LogP contribution in [0.4, 0.5) is 4.79 Å². The zero-order chi connectivity index (χ0) is 10.3. The first kappa shape index (κ1) is 12.7. The van der Waals surface area contributed by atoms with Gasteiger partial charge in [-0.1, -0.05) is 35.4 Å². The second kappa shape index (κ2) is 7.15. The molecular weight excluding hydrogens is 208 g/mol. The zero-order valence-electron chi connectivity index (χ0n) is 7.69. The first-order valence-corrected chi connectivity index (χ1v) is 6.32. The van der Waals surface area contributed by atoms with Gasteiger partial charge >= 0.3 is 6.16 Å². The highest BCUT2D eigenvalue weighted by molar-refractivity contribution is 8.78. The van der Waals surface area contributed by atoms with Gasteiger partial charge in [0.1, 0.15) is 0 Å². The summed E-state index contributed by atoms with van der Waals surface area (Å²) >= 11 is 0. The summed E-state index contributed by atoms with van der Waals surface area (Å²) in [6.45, 7) is 4.49. The molecule has 1 aliphatic heterocycles. The summed E-state index contributed by atoms with van der Waals surface area (Å²) in [5.74, 6) is 0. The molecule has 1 rings (SSSR count). The topological polar surface area (TPSA) is 57.5 Å². The fourth-order valence-electron chi connectivity index (χ4n) is 0.936. The van der Waals surface area contributed by atoms with Gasteiger partial charge in [0.05, 0.1) is 0 Å². The molecule has 13 heavy (non-hydrogen) atoms. The molecule has 0 spiro atoms. The summed E-state index contributed by atoms with van der Waals surface area (Å²) in [5.41, 5.74) is 1.63. The van der Waals surface area contributed by atoms with Gasteiger partial charge in [0, 0.05) is 5.25 Å². The van der Waals surface area contributed by atoms with E-state index in [1.807, 2.05) is 21.6 Å². The molecule has 0 bridgehead atoms. The Bertz CT molecular complexity index is 188. The van der Waals surface area contributed by atoms with Gasteiger partial charge in [-0.25, -0.2) is 4.79 Å². The average Bonchev–Trinajstić information content (AvgIpc) is 2.49. The van der Waals surface area contributed by atoms with Gasteiger partial charge < -0.3 is 10.2 Å². The quantitative estimate of drug-likeness (QED) is 0.698. The molecule has 0 saturated heterocycles. The van der Waals surface area contributed by atoms with Crippen molar-refractivity contribution in [3.63, 3.8) is 0 Å². The van der Waals surface area contributed by atoms with E-state index in [2.05, 4.69) is 19.3 Å². The van der Waals surface area contributed by atoms with Crippen LogP contribution in [0.2, 0.25) is 0 Å². The van der Waals surface area contributed by atoms with E-state index < -0.39 is 6.16 Å². The molecule has 0 fully saturated rings. The minimum absolute atomic E-state index is 0.819. The van der Waals surface area contributed by atoms with Gasteiger partial charge in [-0.2, -0.15) is 0 Å². The van der Waals surface area contributed by atoms with Crippen molar-refractivity contribution in [3.05, 3.63) is 11.0 Å². The van der Waals surface area contributed by atoms with E-state index in [1.54, 1.807) is 5.57 Å². The maximum absolute atomic E-state index is 8.56. The van der Waals surface area contributed by atoms with Crippen LogP contribution in [0.1, 0.15) is 26.7 Å².